The van der Waals surface area contributed by atoms with E-state index in [2.05, 4.69) is 42.2 Å². The first-order valence-electron chi connectivity index (χ1n) is 5.98. The lowest BCUT2D eigenvalue weighted by Gasteiger charge is -2.19. The monoisotopic (exact) mass is 422 g/mol. The van der Waals surface area contributed by atoms with E-state index in [0.717, 1.165) is 16.6 Å². The number of aromatic nitrogens is 1. The fourth-order valence-electron chi connectivity index (χ4n) is 1.99. The van der Waals surface area contributed by atoms with Gasteiger partial charge in [0.15, 0.2) is 0 Å². The van der Waals surface area contributed by atoms with E-state index in [0.29, 0.717) is 15.7 Å². The average Bonchev–Trinajstić information content (AvgIpc) is 2.41. The zero-order valence-corrected chi connectivity index (χ0v) is 14.1. The molecule has 0 aliphatic carbocycles. The van der Waals surface area contributed by atoms with Crippen molar-refractivity contribution >= 4 is 31.9 Å². The number of nitrogens with one attached hydrogen (secondary N) is 1. The molecular formula is C14H11Br2F3N2. The van der Waals surface area contributed by atoms with E-state index in [1.807, 2.05) is 0 Å². The summed E-state index contributed by atoms with van der Waals surface area (Å²) in [4.78, 5) is 4.28. The van der Waals surface area contributed by atoms with Crippen LogP contribution in [0.2, 0.25) is 0 Å². The van der Waals surface area contributed by atoms with Gasteiger partial charge in [-0.15, -0.1) is 0 Å². The standard InChI is InChI=1S/C14H11Br2F3N2/c1-20-12(13-11(16)6-10(15)7-21-13)8-3-2-4-9(5-8)14(17,18)19/h2-7,12,20H,1H3. The molecule has 1 aromatic heterocycles. The van der Waals surface area contributed by atoms with E-state index in [1.165, 1.54) is 6.07 Å². The molecule has 1 heterocycles. The Hall–Kier alpha value is -0.920. The van der Waals surface area contributed by atoms with Crippen LogP contribution in [-0.2, 0) is 6.18 Å². The number of nitrogens with zero attached hydrogens (tertiary/aromatic N) is 1. The van der Waals surface area contributed by atoms with Crippen molar-refractivity contribution in [3.8, 4) is 0 Å². The van der Waals surface area contributed by atoms with Gasteiger partial charge in [-0.1, -0.05) is 12.1 Å². The van der Waals surface area contributed by atoms with Crippen LogP contribution in [0.25, 0.3) is 0 Å². The second kappa shape index (κ2) is 6.46. The maximum Gasteiger partial charge on any atom is 0.416 e. The Morgan fingerprint density at radius 1 is 1.19 bits per heavy atom. The van der Waals surface area contributed by atoms with Crippen LogP contribution in [0, 0.1) is 0 Å². The van der Waals surface area contributed by atoms with Gasteiger partial charge in [0.25, 0.3) is 0 Å². The summed E-state index contributed by atoms with van der Waals surface area (Å²) in [5.41, 5.74) is 0.455. The summed E-state index contributed by atoms with van der Waals surface area (Å²) in [6, 6.07) is 6.61. The maximum atomic E-state index is 12.8. The minimum atomic E-state index is -4.36. The molecule has 112 valence electrons. The molecule has 0 saturated carbocycles. The molecule has 0 bridgehead atoms. The number of hydrogen-bond donors (Lipinski definition) is 1. The molecule has 1 unspecified atom stereocenters. The van der Waals surface area contributed by atoms with Crippen molar-refractivity contribution in [2.45, 2.75) is 12.2 Å². The van der Waals surface area contributed by atoms with Gasteiger partial charge >= 0.3 is 6.18 Å². The van der Waals surface area contributed by atoms with Crippen LogP contribution in [0.4, 0.5) is 13.2 Å². The largest absolute Gasteiger partial charge is 0.416 e. The Morgan fingerprint density at radius 3 is 2.48 bits per heavy atom. The second-order valence-corrected chi connectivity index (χ2v) is 6.14. The molecule has 0 radical (unpaired) electrons. The molecule has 0 spiro atoms. The minimum Gasteiger partial charge on any atom is -0.308 e. The van der Waals surface area contributed by atoms with Crippen molar-refractivity contribution in [3.63, 3.8) is 0 Å². The van der Waals surface area contributed by atoms with Crippen LogP contribution in [0.15, 0.2) is 45.5 Å². The van der Waals surface area contributed by atoms with Crippen molar-refractivity contribution in [2.24, 2.45) is 0 Å². The predicted molar refractivity (Wildman–Crippen MR) is 82.0 cm³/mol. The molecule has 0 aliphatic rings. The molecule has 21 heavy (non-hydrogen) atoms. The summed E-state index contributed by atoms with van der Waals surface area (Å²) in [6.45, 7) is 0. The van der Waals surface area contributed by atoms with Gasteiger partial charge in [-0.25, -0.2) is 0 Å². The Labute approximate surface area is 137 Å². The van der Waals surface area contributed by atoms with Gasteiger partial charge in [0, 0.05) is 15.1 Å². The first kappa shape index (κ1) is 16.5. The zero-order chi connectivity index (χ0) is 15.6. The molecule has 2 aromatic rings. The van der Waals surface area contributed by atoms with Crippen LogP contribution < -0.4 is 5.32 Å². The van der Waals surface area contributed by atoms with Gasteiger partial charge in [0.05, 0.1) is 17.3 Å². The van der Waals surface area contributed by atoms with Crippen LogP contribution in [0.3, 0.4) is 0 Å². The second-order valence-electron chi connectivity index (χ2n) is 4.37. The summed E-state index contributed by atoms with van der Waals surface area (Å²) >= 11 is 6.69. The molecule has 0 saturated heterocycles. The van der Waals surface area contributed by atoms with E-state index in [1.54, 1.807) is 25.4 Å². The van der Waals surface area contributed by atoms with Gasteiger partial charge in [0.1, 0.15) is 0 Å². The molecule has 1 aromatic carbocycles. The topological polar surface area (TPSA) is 24.9 Å². The molecule has 0 amide bonds. The molecule has 1 N–H and O–H groups in total. The van der Waals surface area contributed by atoms with Gasteiger partial charge < -0.3 is 5.32 Å². The zero-order valence-electron chi connectivity index (χ0n) is 10.9. The van der Waals surface area contributed by atoms with E-state index < -0.39 is 17.8 Å². The van der Waals surface area contributed by atoms with Crippen molar-refractivity contribution in [3.05, 3.63) is 62.3 Å². The van der Waals surface area contributed by atoms with E-state index in [9.17, 15) is 13.2 Å². The Balaban J connectivity index is 2.47. The Kier molecular flexibility index (Phi) is 5.06. The van der Waals surface area contributed by atoms with Crippen molar-refractivity contribution in [1.82, 2.24) is 10.3 Å². The van der Waals surface area contributed by atoms with Gasteiger partial charge in [0.2, 0.25) is 0 Å². The fourth-order valence-corrected chi connectivity index (χ4v) is 3.21. The third-order valence-electron chi connectivity index (χ3n) is 2.95. The SMILES string of the molecule is CNC(c1cccc(C(F)(F)F)c1)c1ncc(Br)cc1Br. The first-order chi connectivity index (χ1) is 9.82. The smallest absolute Gasteiger partial charge is 0.308 e. The third kappa shape index (κ3) is 3.84. The highest BCUT2D eigenvalue weighted by molar-refractivity contribution is 9.11. The maximum absolute atomic E-state index is 12.8. The molecule has 1 atom stereocenters. The molecule has 0 aliphatic heterocycles. The number of rotatable bonds is 3. The van der Waals surface area contributed by atoms with Crippen molar-refractivity contribution in [2.75, 3.05) is 7.05 Å². The predicted octanol–water partition coefficient (Wildman–Crippen LogP) is 4.93. The van der Waals surface area contributed by atoms with Crippen LogP contribution in [-0.4, -0.2) is 12.0 Å². The fraction of sp³-hybridized carbons (Fsp3) is 0.214. The summed E-state index contributed by atoms with van der Waals surface area (Å²) in [7, 11) is 1.68. The highest BCUT2D eigenvalue weighted by Crippen LogP contribution is 2.33. The van der Waals surface area contributed by atoms with Gasteiger partial charge in [-0.2, -0.15) is 13.2 Å². The number of halogens is 5. The molecule has 0 fully saturated rings. The number of alkyl halides is 3. The number of benzene rings is 1. The van der Waals surface area contributed by atoms with Crippen molar-refractivity contribution in [1.29, 1.82) is 0 Å². The average molecular weight is 424 g/mol. The number of pyridine rings is 1. The normalized spacial score (nSPS) is 13.2. The van der Waals surface area contributed by atoms with E-state index >= 15 is 0 Å². The molecule has 2 rings (SSSR count). The minimum absolute atomic E-state index is 0.435. The van der Waals surface area contributed by atoms with Gasteiger partial charge in [-0.05, 0) is 62.7 Å². The van der Waals surface area contributed by atoms with Crippen LogP contribution in [0.5, 0.6) is 0 Å². The summed E-state index contributed by atoms with van der Waals surface area (Å²) in [5.74, 6) is 0. The van der Waals surface area contributed by atoms with E-state index in [4.69, 9.17) is 0 Å². The Morgan fingerprint density at radius 2 is 1.90 bits per heavy atom. The first-order valence-corrected chi connectivity index (χ1v) is 7.57. The summed E-state index contributed by atoms with van der Waals surface area (Å²) in [6.07, 6.45) is -2.75. The third-order valence-corrected chi connectivity index (χ3v) is 4.01. The van der Waals surface area contributed by atoms with Gasteiger partial charge in [-0.3, -0.25) is 4.98 Å². The molecule has 2 nitrogen and oxygen atoms in total. The lowest BCUT2D eigenvalue weighted by atomic mass is 10.0. The van der Waals surface area contributed by atoms with E-state index in [-0.39, 0.29) is 0 Å². The van der Waals surface area contributed by atoms with Crippen molar-refractivity contribution < 1.29 is 13.2 Å². The highest BCUT2D eigenvalue weighted by atomic mass is 79.9. The van der Waals surface area contributed by atoms with Crippen LogP contribution >= 0.6 is 31.9 Å². The summed E-state index contributed by atoms with van der Waals surface area (Å²) < 4.78 is 40.0. The lowest BCUT2D eigenvalue weighted by Crippen LogP contribution is -2.20. The Bertz CT molecular complexity index is 644. The summed E-state index contributed by atoms with van der Waals surface area (Å²) in [5, 5.41) is 3.00. The van der Waals surface area contributed by atoms with Crippen LogP contribution in [0.1, 0.15) is 22.9 Å². The lowest BCUT2D eigenvalue weighted by molar-refractivity contribution is -0.137. The molecule has 7 heteroatoms. The highest BCUT2D eigenvalue weighted by Gasteiger charge is 2.31. The quantitative estimate of drug-likeness (QED) is 0.756. The molecular weight excluding hydrogens is 413 g/mol. The number of hydrogen-bond acceptors (Lipinski definition) is 2.